The minimum atomic E-state index is 0.952. The second kappa shape index (κ2) is 8.30. The van der Waals surface area contributed by atoms with E-state index in [0.29, 0.717) is 0 Å². The summed E-state index contributed by atoms with van der Waals surface area (Å²) >= 11 is 8.61. The van der Waals surface area contributed by atoms with E-state index < -0.39 is 0 Å². The first-order valence-corrected chi connectivity index (χ1v) is 12.0. The summed E-state index contributed by atoms with van der Waals surface area (Å²) in [6, 6.07) is 13.2. The van der Waals surface area contributed by atoms with Gasteiger partial charge in [-0.15, -0.1) is 22.7 Å². The van der Waals surface area contributed by atoms with E-state index in [-0.39, 0.29) is 0 Å². The van der Waals surface area contributed by atoms with Crippen molar-refractivity contribution in [3.8, 4) is 20.2 Å². The molecule has 0 bridgehead atoms. The van der Waals surface area contributed by atoms with Crippen LogP contribution in [0.15, 0.2) is 40.9 Å². The van der Waals surface area contributed by atoms with Crippen molar-refractivity contribution in [2.45, 2.75) is 39.0 Å². The van der Waals surface area contributed by atoms with Crippen LogP contribution < -0.4 is 0 Å². The Labute approximate surface area is 174 Å². The predicted octanol–water partition coefficient (Wildman–Crippen LogP) is 8.03. The molecule has 0 spiro atoms. The summed E-state index contributed by atoms with van der Waals surface area (Å²) in [6.07, 6.45) is 6.50. The van der Waals surface area contributed by atoms with Crippen LogP contribution in [0.3, 0.4) is 0 Å². The quantitative estimate of drug-likeness (QED) is 0.259. The molecule has 3 aromatic heterocycles. The van der Waals surface area contributed by atoms with Crippen LogP contribution in [0.5, 0.6) is 0 Å². The summed E-state index contributed by atoms with van der Waals surface area (Å²) < 4.78 is 9.91. The third kappa shape index (κ3) is 3.79. The van der Waals surface area contributed by atoms with E-state index in [1.165, 1.54) is 68.9 Å². The molecular formula is C20H19BrN2S3. The predicted molar refractivity (Wildman–Crippen MR) is 120 cm³/mol. The first-order valence-electron chi connectivity index (χ1n) is 8.86. The largest absolute Gasteiger partial charge is 0.172 e. The molecule has 0 fully saturated rings. The Kier molecular flexibility index (Phi) is 5.84. The Morgan fingerprint density at radius 3 is 2.46 bits per heavy atom. The highest BCUT2D eigenvalue weighted by atomic mass is 79.9. The molecule has 0 amide bonds. The maximum atomic E-state index is 4.50. The molecule has 26 heavy (non-hydrogen) atoms. The average Bonchev–Trinajstić information content (AvgIpc) is 3.38. The van der Waals surface area contributed by atoms with Crippen molar-refractivity contribution in [1.29, 1.82) is 0 Å². The number of unbranched alkanes of at least 4 members (excludes halogenated alkanes) is 3. The molecule has 0 aliphatic carbocycles. The van der Waals surface area contributed by atoms with E-state index in [4.69, 9.17) is 0 Å². The SMILES string of the molecule is CCCCCCc1ccc(-c2ccc(-c3ccc(Br)c4nsnc34)s2)s1. The summed E-state index contributed by atoms with van der Waals surface area (Å²) in [5.74, 6) is 0. The Morgan fingerprint density at radius 2 is 1.58 bits per heavy atom. The number of benzene rings is 1. The van der Waals surface area contributed by atoms with Gasteiger partial charge in [0.2, 0.25) is 0 Å². The monoisotopic (exact) mass is 462 g/mol. The molecule has 0 atom stereocenters. The molecule has 0 aliphatic rings. The van der Waals surface area contributed by atoms with Crippen LogP contribution in [0.25, 0.3) is 31.2 Å². The lowest BCUT2D eigenvalue weighted by atomic mass is 10.1. The molecule has 0 radical (unpaired) electrons. The van der Waals surface area contributed by atoms with Crippen LogP contribution >= 0.6 is 50.3 Å². The van der Waals surface area contributed by atoms with Crippen molar-refractivity contribution in [2.24, 2.45) is 0 Å². The van der Waals surface area contributed by atoms with Gasteiger partial charge >= 0.3 is 0 Å². The van der Waals surface area contributed by atoms with Gasteiger partial charge in [0.1, 0.15) is 11.0 Å². The molecule has 0 saturated heterocycles. The fraction of sp³-hybridized carbons (Fsp3) is 0.300. The van der Waals surface area contributed by atoms with Crippen LogP contribution in [-0.2, 0) is 6.42 Å². The van der Waals surface area contributed by atoms with E-state index in [0.717, 1.165) is 15.5 Å². The Hall–Kier alpha value is -1.08. The lowest BCUT2D eigenvalue weighted by Crippen LogP contribution is -1.80. The van der Waals surface area contributed by atoms with E-state index in [1.54, 1.807) is 0 Å². The van der Waals surface area contributed by atoms with Crippen molar-refractivity contribution in [1.82, 2.24) is 8.75 Å². The van der Waals surface area contributed by atoms with Gasteiger partial charge in [-0.1, -0.05) is 32.3 Å². The highest BCUT2D eigenvalue weighted by Gasteiger charge is 2.13. The van der Waals surface area contributed by atoms with Crippen LogP contribution in [0.4, 0.5) is 0 Å². The van der Waals surface area contributed by atoms with Gasteiger partial charge in [0.15, 0.2) is 0 Å². The summed E-state index contributed by atoms with van der Waals surface area (Å²) in [7, 11) is 0. The number of hydrogen-bond acceptors (Lipinski definition) is 5. The molecule has 0 N–H and O–H groups in total. The molecule has 0 aliphatic heterocycles. The molecule has 1 aromatic carbocycles. The number of aryl methyl sites for hydroxylation is 1. The lowest BCUT2D eigenvalue weighted by Gasteiger charge is -1.99. The van der Waals surface area contributed by atoms with E-state index >= 15 is 0 Å². The van der Waals surface area contributed by atoms with Gasteiger partial charge in [-0.25, -0.2) is 0 Å². The minimum absolute atomic E-state index is 0.952. The number of fused-ring (bicyclic) bond motifs is 1. The van der Waals surface area contributed by atoms with Crippen LogP contribution in [0, 0.1) is 0 Å². The van der Waals surface area contributed by atoms with Crippen molar-refractivity contribution < 1.29 is 0 Å². The van der Waals surface area contributed by atoms with Gasteiger partial charge in [-0.3, -0.25) is 0 Å². The number of halogens is 1. The van der Waals surface area contributed by atoms with E-state index in [1.807, 2.05) is 22.7 Å². The fourth-order valence-corrected chi connectivity index (χ4v) is 6.29. The van der Waals surface area contributed by atoms with Gasteiger partial charge in [0.25, 0.3) is 0 Å². The number of aromatic nitrogens is 2. The van der Waals surface area contributed by atoms with Gasteiger partial charge in [-0.05, 0) is 59.1 Å². The molecule has 134 valence electrons. The molecule has 4 aromatic rings. The molecule has 4 rings (SSSR count). The second-order valence-electron chi connectivity index (χ2n) is 6.30. The highest BCUT2D eigenvalue weighted by Crippen LogP contribution is 2.40. The average molecular weight is 463 g/mol. The molecule has 0 unspecified atom stereocenters. The number of thiophene rings is 2. The summed E-state index contributed by atoms with van der Waals surface area (Å²) in [4.78, 5) is 5.46. The lowest BCUT2D eigenvalue weighted by molar-refractivity contribution is 0.670. The minimum Gasteiger partial charge on any atom is -0.172 e. The summed E-state index contributed by atoms with van der Waals surface area (Å²) in [6.45, 7) is 2.26. The fourth-order valence-electron chi connectivity index (χ4n) is 3.02. The molecule has 3 heterocycles. The highest BCUT2D eigenvalue weighted by molar-refractivity contribution is 9.10. The first kappa shape index (κ1) is 18.3. The van der Waals surface area contributed by atoms with Gasteiger partial charge in [0.05, 0.1) is 11.7 Å². The molecule has 2 nitrogen and oxygen atoms in total. The molecule has 6 heteroatoms. The number of hydrogen-bond donors (Lipinski definition) is 0. The van der Waals surface area contributed by atoms with Crippen LogP contribution in [0.2, 0.25) is 0 Å². The van der Waals surface area contributed by atoms with Gasteiger partial charge < -0.3 is 0 Å². The third-order valence-corrected chi connectivity index (χ3v) is 8.05. The van der Waals surface area contributed by atoms with Crippen molar-refractivity contribution in [3.63, 3.8) is 0 Å². The van der Waals surface area contributed by atoms with Crippen molar-refractivity contribution in [2.75, 3.05) is 0 Å². The zero-order valence-corrected chi connectivity index (χ0v) is 18.5. The smallest absolute Gasteiger partial charge is 0.119 e. The van der Waals surface area contributed by atoms with E-state index in [2.05, 4.69) is 68.0 Å². The van der Waals surface area contributed by atoms with E-state index in [9.17, 15) is 0 Å². The molecular weight excluding hydrogens is 444 g/mol. The number of rotatable bonds is 7. The topological polar surface area (TPSA) is 25.8 Å². The third-order valence-electron chi connectivity index (χ3n) is 4.42. The second-order valence-corrected chi connectivity index (χ2v) is 9.93. The Balaban J connectivity index is 1.56. The molecule has 0 saturated carbocycles. The van der Waals surface area contributed by atoms with Crippen LogP contribution in [-0.4, -0.2) is 8.75 Å². The Morgan fingerprint density at radius 1 is 0.808 bits per heavy atom. The standard InChI is InChI=1S/C20H19BrN2S3/c1-2-3-4-5-6-13-7-10-17(24-13)18-12-11-16(25-18)14-8-9-15(21)20-19(14)22-26-23-20/h7-12H,2-6H2,1H3. The van der Waals surface area contributed by atoms with Crippen molar-refractivity contribution in [3.05, 3.63) is 45.7 Å². The zero-order chi connectivity index (χ0) is 17.9. The van der Waals surface area contributed by atoms with Crippen molar-refractivity contribution >= 4 is 61.4 Å². The van der Waals surface area contributed by atoms with Gasteiger partial charge in [-0.2, -0.15) is 8.75 Å². The normalized spacial score (nSPS) is 11.5. The van der Waals surface area contributed by atoms with Crippen LogP contribution in [0.1, 0.15) is 37.5 Å². The number of nitrogens with zero attached hydrogens (tertiary/aromatic N) is 2. The zero-order valence-electron chi connectivity index (χ0n) is 14.5. The maximum Gasteiger partial charge on any atom is 0.119 e. The summed E-state index contributed by atoms with van der Waals surface area (Å²) in [5.41, 5.74) is 3.11. The van der Waals surface area contributed by atoms with Gasteiger partial charge in [0, 0.05) is 29.5 Å². The maximum absolute atomic E-state index is 4.50. The summed E-state index contributed by atoms with van der Waals surface area (Å²) in [5, 5.41) is 0. The Bertz CT molecular complexity index is 1020. The first-order chi connectivity index (χ1) is 12.8.